The van der Waals surface area contributed by atoms with Gasteiger partial charge in [-0.2, -0.15) is 0 Å². The van der Waals surface area contributed by atoms with Crippen molar-refractivity contribution in [2.24, 2.45) is 0 Å². The van der Waals surface area contributed by atoms with E-state index in [0.29, 0.717) is 0 Å². The van der Waals surface area contributed by atoms with Crippen molar-refractivity contribution in [1.82, 2.24) is 10.2 Å². The van der Waals surface area contributed by atoms with Gasteiger partial charge in [-0.25, -0.2) is 4.79 Å². The van der Waals surface area contributed by atoms with Crippen molar-refractivity contribution in [2.45, 2.75) is 52.2 Å². The highest BCUT2D eigenvalue weighted by atomic mass is 16.6. The average Bonchev–Trinajstić information content (AvgIpc) is 2.42. The third-order valence-corrected chi connectivity index (χ3v) is 3.82. The molecule has 1 fully saturated rings. The van der Waals surface area contributed by atoms with Gasteiger partial charge in [0.2, 0.25) is 0 Å². The standard InChI is InChI=1S/C12H24N2O2.C6H4/c1-5-6-10-9-13-7-8-14(10)11(15)16-12(2,3)4;1-2-6-4-3-5(1)6/h10,13H,5-9H2,1-4H3;1-4H. The molecule has 4 heteroatoms. The lowest BCUT2D eigenvalue weighted by Crippen LogP contribution is -2.54. The lowest BCUT2D eigenvalue weighted by molar-refractivity contribution is 0.0111. The number of piperazine rings is 1. The Bertz CT molecular complexity index is 468. The van der Waals surface area contributed by atoms with Gasteiger partial charge in [-0.15, -0.1) is 0 Å². The summed E-state index contributed by atoms with van der Waals surface area (Å²) < 4.78 is 5.41. The molecule has 0 radical (unpaired) electrons. The monoisotopic (exact) mass is 304 g/mol. The van der Waals surface area contributed by atoms with Gasteiger partial charge in [0, 0.05) is 25.7 Å². The molecule has 3 rings (SSSR count). The van der Waals surface area contributed by atoms with Crippen LogP contribution < -0.4 is 5.32 Å². The van der Waals surface area contributed by atoms with Crippen LogP contribution in [0.4, 0.5) is 4.79 Å². The Kier molecular flexibility index (Phi) is 5.46. The Balaban J connectivity index is 0.000000238. The smallest absolute Gasteiger partial charge is 0.410 e. The predicted molar refractivity (Wildman–Crippen MR) is 89.9 cm³/mol. The number of amides is 1. The number of fused-ring (bicyclic) bond motifs is 1. The van der Waals surface area contributed by atoms with E-state index in [9.17, 15) is 4.79 Å². The molecule has 1 heterocycles. The Labute approximate surface area is 133 Å². The van der Waals surface area contributed by atoms with E-state index in [4.69, 9.17) is 4.74 Å². The van der Waals surface area contributed by atoms with Crippen LogP contribution in [0.5, 0.6) is 0 Å². The summed E-state index contributed by atoms with van der Waals surface area (Å²) >= 11 is 0. The molecule has 0 bridgehead atoms. The van der Waals surface area contributed by atoms with Crippen LogP contribution in [0.2, 0.25) is 0 Å². The zero-order valence-corrected chi connectivity index (χ0v) is 14.2. The maximum atomic E-state index is 12.0. The molecule has 4 nitrogen and oxygen atoms in total. The molecule has 0 aromatic rings. The summed E-state index contributed by atoms with van der Waals surface area (Å²) in [5, 5.41) is 3.32. The van der Waals surface area contributed by atoms with E-state index in [-0.39, 0.29) is 12.1 Å². The molecule has 122 valence electrons. The number of hydrogen-bond donors (Lipinski definition) is 1. The second-order valence-electron chi connectivity index (χ2n) is 6.90. The van der Waals surface area contributed by atoms with E-state index >= 15 is 0 Å². The van der Waals surface area contributed by atoms with Gasteiger partial charge < -0.3 is 15.0 Å². The number of rotatable bonds is 2. The lowest BCUT2D eigenvalue weighted by Gasteiger charge is -2.37. The normalized spacial score (nSPS) is 19.1. The zero-order chi connectivity index (χ0) is 16.2. The highest BCUT2D eigenvalue weighted by Crippen LogP contribution is 2.29. The van der Waals surface area contributed by atoms with E-state index in [1.165, 1.54) is 11.1 Å². The highest BCUT2D eigenvalue weighted by Gasteiger charge is 2.29. The fraction of sp³-hybridized carbons (Fsp3) is 0.611. The molecular weight excluding hydrogens is 276 g/mol. The van der Waals surface area contributed by atoms with Crippen LogP contribution in [-0.2, 0) is 4.74 Å². The molecule has 1 aliphatic heterocycles. The van der Waals surface area contributed by atoms with Gasteiger partial charge in [-0.3, -0.25) is 0 Å². The van der Waals surface area contributed by atoms with E-state index in [2.05, 4.69) is 36.5 Å². The van der Waals surface area contributed by atoms with Gasteiger partial charge in [0.05, 0.1) is 0 Å². The third kappa shape index (κ3) is 4.47. The summed E-state index contributed by atoms with van der Waals surface area (Å²) in [6.45, 7) is 10.3. The van der Waals surface area contributed by atoms with Crippen LogP contribution in [-0.4, -0.2) is 42.3 Å². The summed E-state index contributed by atoms with van der Waals surface area (Å²) in [4.78, 5) is 13.8. The highest BCUT2D eigenvalue weighted by molar-refractivity contribution is 5.75. The summed E-state index contributed by atoms with van der Waals surface area (Å²) in [6.07, 6.45) is 1.95. The van der Waals surface area contributed by atoms with Crippen LogP contribution in [0, 0.1) is 0 Å². The molecule has 1 saturated heterocycles. The van der Waals surface area contributed by atoms with Crippen molar-refractivity contribution in [3.8, 4) is 11.1 Å². The lowest BCUT2D eigenvalue weighted by atomic mass is 9.95. The van der Waals surface area contributed by atoms with Crippen molar-refractivity contribution >= 4 is 6.09 Å². The minimum Gasteiger partial charge on any atom is -0.444 e. The minimum absolute atomic E-state index is 0.174. The van der Waals surface area contributed by atoms with Crippen molar-refractivity contribution in [2.75, 3.05) is 19.6 Å². The van der Waals surface area contributed by atoms with Crippen LogP contribution in [0.15, 0.2) is 24.3 Å². The number of ether oxygens (including phenoxy) is 1. The summed E-state index contributed by atoms with van der Waals surface area (Å²) in [5.41, 5.74) is 2.45. The third-order valence-electron chi connectivity index (χ3n) is 3.82. The maximum absolute atomic E-state index is 12.0. The predicted octanol–water partition coefficient (Wildman–Crippen LogP) is 3.66. The average molecular weight is 304 g/mol. The number of benzene rings is 1. The van der Waals surface area contributed by atoms with Crippen molar-refractivity contribution in [3.63, 3.8) is 0 Å². The fourth-order valence-corrected chi connectivity index (χ4v) is 2.58. The van der Waals surface area contributed by atoms with E-state index in [0.717, 1.165) is 32.5 Å². The molecule has 1 N–H and O–H groups in total. The molecule has 0 aromatic heterocycles. The summed E-state index contributed by atoms with van der Waals surface area (Å²) in [7, 11) is 0. The van der Waals surface area contributed by atoms with E-state index in [1.807, 2.05) is 25.7 Å². The molecule has 1 unspecified atom stereocenters. The molecule has 22 heavy (non-hydrogen) atoms. The molecule has 0 aromatic carbocycles. The van der Waals surface area contributed by atoms with Crippen LogP contribution in [0.1, 0.15) is 40.5 Å². The first kappa shape index (κ1) is 16.8. The molecule has 3 aliphatic rings. The first-order valence-corrected chi connectivity index (χ1v) is 8.21. The van der Waals surface area contributed by atoms with Crippen LogP contribution in [0.3, 0.4) is 0 Å². The van der Waals surface area contributed by atoms with E-state index < -0.39 is 5.60 Å². The van der Waals surface area contributed by atoms with Crippen molar-refractivity contribution < 1.29 is 9.53 Å². The maximum Gasteiger partial charge on any atom is 0.410 e. The van der Waals surface area contributed by atoms with E-state index in [1.54, 1.807) is 0 Å². The Morgan fingerprint density at radius 3 is 2.27 bits per heavy atom. The summed E-state index contributed by atoms with van der Waals surface area (Å²) in [5.74, 6) is 0. The van der Waals surface area contributed by atoms with Gasteiger partial charge in [0.15, 0.2) is 0 Å². The Morgan fingerprint density at radius 1 is 1.27 bits per heavy atom. The second-order valence-corrected chi connectivity index (χ2v) is 6.90. The fourth-order valence-electron chi connectivity index (χ4n) is 2.58. The number of carbonyl (C=O) groups excluding carboxylic acids is 1. The van der Waals surface area contributed by atoms with Crippen molar-refractivity contribution in [3.05, 3.63) is 24.3 Å². The topological polar surface area (TPSA) is 41.6 Å². The first-order chi connectivity index (χ1) is 10.4. The zero-order valence-electron chi connectivity index (χ0n) is 14.2. The number of carbonyl (C=O) groups is 1. The molecule has 1 atom stereocenters. The van der Waals surface area contributed by atoms with Crippen LogP contribution >= 0.6 is 0 Å². The molecule has 0 spiro atoms. The number of nitrogens with zero attached hydrogens (tertiary/aromatic N) is 1. The summed E-state index contributed by atoms with van der Waals surface area (Å²) in [6, 6.07) is 8.77. The van der Waals surface area contributed by atoms with Crippen LogP contribution in [0.25, 0.3) is 11.1 Å². The molecule has 1 amide bonds. The number of nitrogens with one attached hydrogen (secondary N) is 1. The Hall–Kier alpha value is -1.55. The SMILES string of the molecule is CCCC1CNCCN1C(=O)OC(C)(C)C.c1cc2ccc1-2. The molecule has 0 saturated carbocycles. The minimum atomic E-state index is -0.404. The number of hydrogen-bond acceptors (Lipinski definition) is 3. The van der Waals surface area contributed by atoms with Gasteiger partial charge in [-0.1, -0.05) is 37.6 Å². The van der Waals surface area contributed by atoms with Gasteiger partial charge >= 0.3 is 6.09 Å². The Morgan fingerprint density at radius 2 is 1.86 bits per heavy atom. The van der Waals surface area contributed by atoms with Gasteiger partial charge in [0.1, 0.15) is 5.60 Å². The second kappa shape index (κ2) is 7.14. The van der Waals surface area contributed by atoms with Crippen molar-refractivity contribution in [1.29, 1.82) is 0 Å². The quantitative estimate of drug-likeness (QED) is 0.920. The molecule has 2 aliphatic carbocycles. The largest absolute Gasteiger partial charge is 0.444 e. The van der Waals surface area contributed by atoms with Gasteiger partial charge in [0.25, 0.3) is 0 Å². The first-order valence-electron chi connectivity index (χ1n) is 8.21. The molecular formula is C18H28N2O2. The van der Waals surface area contributed by atoms with Gasteiger partial charge in [-0.05, 0) is 38.3 Å².